The van der Waals surface area contributed by atoms with Crippen molar-refractivity contribution in [1.82, 2.24) is 0 Å². The summed E-state index contributed by atoms with van der Waals surface area (Å²) in [5, 5.41) is 0. The van der Waals surface area contributed by atoms with Crippen LogP contribution in [0.5, 0.6) is 0 Å². The van der Waals surface area contributed by atoms with Crippen LogP contribution in [0, 0.1) is 0 Å². The third kappa shape index (κ3) is 2.51. The second-order valence-electron chi connectivity index (χ2n) is 3.94. The number of hydrogen-bond acceptors (Lipinski definition) is 0. The Bertz CT molecular complexity index is 196. The lowest BCUT2D eigenvalue weighted by atomic mass is 10.0. The standard InChI is InChI=1S/C12H20/c1-4-5-6-7-12-9-10(2)8-11(12)3/h2,4-9H2,1,3H3. The Morgan fingerprint density at radius 3 is 2.50 bits per heavy atom. The molecule has 0 amide bonds. The van der Waals surface area contributed by atoms with Crippen LogP contribution in [0.15, 0.2) is 23.3 Å². The molecular formula is C12H20. The first-order valence-electron chi connectivity index (χ1n) is 5.08. The van der Waals surface area contributed by atoms with Crippen LogP contribution in [0.1, 0.15) is 52.4 Å². The monoisotopic (exact) mass is 164 g/mol. The molecule has 0 fully saturated rings. The average molecular weight is 164 g/mol. The lowest BCUT2D eigenvalue weighted by Crippen LogP contribution is -1.82. The van der Waals surface area contributed by atoms with Gasteiger partial charge in [-0.3, -0.25) is 0 Å². The van der Waals surface area contributed by atoms with Gasteiger partial charge in [0.2, 0.25) is 0 Å². The summed E-state index contributed by atoms with van der Waals surface area (Å²) in [5.41, 5.74) is 4.68. The molecule has 0 atom stereocenters. The topological polar surface area (TPSA) is 0 Å². The quantitative estimate of drug-likeness (QED) is 0.431. The highest BCUT2D eigenvalue weighted by Crippen LogP contribution is 2.32. The lowest BCUT2D eigenvalue weighted by Gasteiger charge is -2.01. The van der Waals surface area contributed by atoms with Gasteiger partial charge in [0.25, 0.3) is 0 Å². The zero-order valence-electron chi connectivity index (χ0n) is 8.45. The fourth-order valence-corrected chi connectivity index (χ4v) is 1.91. The Labute approximate surface area is 76.4 Å². The molecule has 0 unspecified atom stereocenters. The summed E-state index contributed by atoms with van der Waals surface area (Å²) in [6.45, 7) is 8.56. The molecule has 0 bridgehead atoms. The van der Waals surface area contributed by atoms with Crippen LogP contribution < -0.4 is 0 Å². The van der Waals surface area contributed by atoms with E-state index in [9.17, 15) is 0 Å². The van der Waals surface area contributed by atoms with Gasteiger partial charge in [0.15, 0.2) is 0 Å². The smallest absolute Gasteiger partial charge is 0.0105 e. The number of allylic oxidation sites excluding steroid dienone is 3. The van der Waals surface area contributed by atoms with Crippen molar-refractivity contribution < 1.29 is 0 Å². The number of unbranched alkanes of at least 4 members (excludes halogenated alkanes) is 2. The Morgan fingerprint density at radius 1 is 1.25 bits per heavy atom. The molecule has 0 heterocycles. The van der Waals surface area contributed by atoms with Crippen LogP contribution in [-0.2, 0) is 0 Å². The fourth-order valence-electron chi connectivity index (χ4n) is 1.91. The minimum Gasteiger partial charge on any atom is -0.0992 e. The van der Waals surface area contributed by atoms with Gasteiger partial charge < -0.3 is 0 Å². The van der Waals surface area contributed by atoms with E-state index in [1.54, 1.807) is 11.1 Å². The van der Waals surface area contributed by atoms with E-state index in [0.29, 0.717) is 0 Å². The van der Waals surface area contributed by atoms with Crippen LogP contribution in [-0.4, -0.2) is 0 Å². The molecule has 0 aromatic carbocycles. The van der Waals surface area contributed by atoms with Crippen molar-refractivity contribution in [2.24, 2.45) is 0 Å². The minimum atomic E-state index is 1.17. The van der Waals surface area contributed by atoms with E-state index >= 15 is 0 Å². The van der Waals surface area contributed by atoms with Gasteiger partial charge in [-0.25, -0.2) is 0 Å². The molecule has 0 nitrogen and oxygen atoms in total. The molecule has 0 saturated heterocycles. The van der Waals surface area contributed by atoms with Crippen molar-refractivity contribution in [1.29, 1.82) is 0 Å². The average Bonchev–Trinajstić information content (AvgIpc) is 2.31. The van der Waals surface area contributed by atoms with Gasteiger partial charge in [-0.05, 0) is 32.6 Å². The van der Waals surface area contributed by atoms with Crippen LogP contribution in [0.2, 0.25) is 0 Å². The summed E-state index contributed by atoms with van der Waals surface area (Å²) < 4.78 is 0. The predicted molar refractivity (Wildman–Crippen MR) is 55.2 cm³/mol. The maximum Gasteiger partial charge on any atom is -0.0105 e. The molecule has 1 aliphatic rings. The van der Waals surface area contributed by atoms with Crippen LogP contribution >= 0.6 is 0 Å². The zero-order valence-corrected chi connectivity index (χ0v) is 8.45. The minimum absolute atomic E-state index is 1.17. The van der Waals surface area contributed by atoms with Crippen molar-refractivity contribution in [3.63, 3.8) is 0 Å². The Kier molecular flexibility index (Phi) is 3.58. The van der Waals surface area contributed by atoms with Gasteiger partial charge in [0.05, 0.1) is 0 Å². The van der Waals surface area contributed by atoms with Crippen molar-refractivity contribution in [3.05, 3.63) is 23.3 Å². The van der Waals surface area contributed by atoms with Gasteiger partial charge in [0, 0.05) is 0 Å². The van der Waals surface area contributed by atoms with Crippen molar-refractivity contribution in [2.75, 3.05) is 0 Å². The summed E-state index contributed by atoms with van der Waals surface area (Å²) in [4.78, 5) is 0. The predicted octanol–water partition coefficient (Wildman–Crippen LogP) is 4.23. The largest absolute Gasteiger partial charge is 0.0992 e. The second-order valence-corrected chi connectivity index (χ2v) is 3.94. The molecule has 12 heavy (non-hydrogen) atoms. The summed E-state index contributed by atoms with van der Waals surface area (Å²) in [6.07, 6.45) is 7.75. The van der Waals surface area contributed by atoms with E-state index in [0.717, 1.165) is 0 Å². The normalized spacial score (nSPS) is 17.7. The molecule has 0 aromatic rings. The molecule has 0 saturated carbocycles. The third-order valence-electron chi connectivity index (χ3n) is 2.66. The third-order valence-corrected chi connectivity index (χ3v) is 2.66. The Morgan fingerprint density at radius 2 is 2.00 bits per heavy atom. The fraction of sp³-hybridized carbons (Fsp3) is 0.667. The molecule has 68 valence electrons. The molecule has 0 spiro atoms. The molecule has 0 heteroatoms. The van der Waals surface area contributed by atoms with Crippen LogP contribution in [0.3, 0.4) is 0 Å². The molecule has 0 aromatic heterocycles. The maximum absolute atomic E-state index is 4.04. The first-order chi connectivity index (χ1) is 5.74. The molecule has 0 radical (unpaired) electrons. The van der Waals surface area contributed by atoms with E-state index in [4.69, 9.17) is 0 Å². The van der Waals surface area contributed by atoms with E-state index in [2.05, 4.69) is 20.4 Å². The van der Waals surface area contributed by atoms with E-state index in [-0.39, 0.29) is 0 Å². The van der Waals surface area contributed by atoms with E-state index in [1.165, 1.54) is 44.1 Å². The second kappa shape index (κ2) is 4.49. The van der Waals surface area contributed by atoms with Gasteiger partial charge >= 0.3 is 0 Å². The lowest BCUT2D eigenvalue weighted by molar-refractivity contribution is 0.706. The van der Waals surface area contributed by atoms with Gasteiger partial charge in [-0.15, -0.1) is 0 Å². The zero-order chi connectivity index (χ0) is 8.97. The van der Waals surface area contributed by atoms with Crippen LogP contribution in [0.25, 0.3) is 0 Å². The van der Waals surface area contributed by atoms with Crippen LogP contribution in [0.4, 0.5) is 0 Å². The summed E-state index contributed by atoms with van der Waals surface area (Å²) in [5.74, 6) is 0. The summed E-state index contributed by atoms with van der Waals surface area (Å²) in [7, 11) is 0. The first kappa shape index (κ1) is 9.57. The van der Waals surface area contributed by atoms with Crippen molar-refractivity contribution in [3.8, 4) is 0 Å². The molecule has 0 aliphatic heterocycles. The van der Waals surface area contributed by atoms with Gasteiger partial charge in [-0.1, -0.05) is 43.1 Å². The highest BCUT2D eigenvalue weighted by atomic mass is 14.2. The van der Waals surface area contributed by atoms with E-state index in [1.807, 2.05) is 0 Å². The first-order valence-corrected chi connectivity index (χ1v) is 5.08. The van der Waals surface area contributed by atoms with Gasteiger partial charge in [0.1, 0.15) is 0 Å². The summed E-state index contributed by atoms with van der Waals surface area (Å²) in [6, 6.07) is 0. The van der Waals surface area contributed by atoms with Crippen molar-refractivity contribution >= 4 is 0 Å². The van der Waals surface area contributed by atoms with Gasteiger partial charge in [-0.2, -0.15) is 0 Å². The Balaban J connectivity index is 2.32. The number of hydrogen-bond donors (Lipinski definition) is 0. The SMILES string of the molecule is C=C1CC(C)=C(CCCCC)C1. The Hall–Kier alpha value is -0.520. The molecule has 1 aliphatic carbocycles. The maximum atomic E-state index is 4.04. The van der Waals surface area contributed by atoms with Crippen molar-refractivity contribution in [2.45, 2.75) is 52.4 Å². The van der Waals surface area contributed by atoms with E-state index < -0.39 is 0 Å². The highest BCUT2D eigenvalue weighted by Gasteiger charge is 2.12. The molecule has 1 rings (SSSR count). The molecular weight excluding hydrogens is 144 g/mol. The highest BCUT2D eigenvalue weighted by molar-refractivity contribution is 5.30. The summed E-state index contributed by atoms with van der Waals surface area (Å²) >= 11 is 0. The number of rotatable bonds is 4. The molecule has 0 N–H and O–H groups in total.